The van der Waals surface area contributed by atoms with E-state index in [0.717, 1.165) is 26.0 Å². The fourth-order valence-electron chi connectivity index (χ4n) is 3.06. The summed E-state index contributed by atoms with van der Waals surface area (Å²) < 4.78 is 11.1. The molecule has 1 aromatic rings. The fourth-order valence-corrected chi connectivity index (χ4v) is 3.06. The molecular formula is C15H22N2O2. The second kappa shape index (κ2) is 5.47. The molecule has 2 aliphatic rings. The summed E-state index contributed by atoms with van der Waals surface area (Å²) >= 11 is 0. The molecule has 0 amide bonds. The Kier molecular flexibility index (Phi) is 3.71. The zero-order valence-corrected chi connectivity index (χ0v) is 11.5. The number of methoxy groups -OCH3 is 1. The molecule has 0 radical (unpaired) electrons. The van der Waals surface area contributed by atoms with Gasteiger partial charge in [-0.3, -0.25) is 0 Å². The summed E-state index contributed by atoms with van der Waals surface area (Å²) in [6.45, 7) is 1.77. The lowest BCUT2D eigenvalue weighted by Crippen LogP contribution is -2.50. The van der Waals surface area contributed by atoms with Crippen LogP contribution in [0.1, 0.15) is 37.7 Å². The van der Waals surface area contributed by atoms with Crippen molar-refractivity contribution in [1.82, 2.24) is 10.3 Å². The van der Waals surface area contributed by atoms with Gasteiger partial charge in [0.2, 0.25) is 5.88 Å². The van der Waals surface area contributed by atoms with E-state index in [9.17, 15) is 0 Å². The molecule has 1 aromatic heterocycles. The van der Waals surface area contributed by atoms with Gasteiger partial charge in [-0.2, -0.15) is 0 Å². The van der Waals surface area contributed by atoms with Crippen molar-refractivity contribution in [2.45, 2.75) is 50.3 Å². The molecule has 1 atom stereocenters. The third kappa shape index (κ3) is 2.90. The Morgan fingerprint density at radius 2 is 2.42 bits per heavy atom. The van der Waals surface area contributed by atoms with Crippen molar-refractivity contribution in [3.63, 3.8) is 0 Å². The van der Waals surface area contributed by atoms with Gasteiger partial charge in [-0.05, 0) is 43.7 Å². The fraction of sp³-hybridized carbons (Fsp3) is 0.667. The number of nitrogens with zero attached hydrogens (tertiary/aromatic N) is 1. The Labute approximate surface area is 114 Å². The van der Waals surface area contributed by atoms with Crippen LogP contribution in [0.15, 0.2) is 18.3 Å². The number of nitrogens with one attached hydrogen (secondary N) is 1. The number of pyridine rings is 1. The van der Waals surface area contributed by atoms with Crippen molar-refractivity contribution < 1.29 is 9.47 Å². The Morgan fingerprint density at radius 3 is 3.16 bits per heavy atom. The van der Waals surface area contributed by atoms with Crippen LogP contribution in [0.2, 0.25) is 0 Å². The second-order valence-corrected chi connectivity index (χ2v) is 5.66. The van der Waals surface area contributed by atoms with Crippen LogP contribution >= 0.6 is 0 Å². The molecule has 19 heavy (non-hydrogen) atoms. The molecule has 1 saturated heterocycles. The topological polar surface area (TPSA) is 43.4 Å². The molecule has 104 valence electrons. The van der Waals surface area contributed by atoms with Crippen LogP contribution in [0.3, 0.4) is 0 Å². The molecule has 2 fully saturated rings. The zero-order valence-electron chi connectivity index (χ0n) is 11.5. The summed E-state index contributed by atoms with van der Waals surface area (Å²) in [5, 5.41) is 3.65. The molecule has 1 aliphatic heterocycles. The number of hydrogen-bond acceptors (Lipinski definition) is 4. The van der Waals surface area contributed by atoms with Gasteiger partial charge >= 0.3 is 0 Å². The molecule has 2 heterocycles. The van der Waals surface area contributed by atoms with Crippen LogP contribution in [0.4, 0.5) is 0 Å². The molecule has 1 saturated carbocycles. The maximum Gasteiger partial charge on any atom is 0.213 e. The highest BCUT2D eigenvalue weighted by atomic mass is 16.5. The Morgan fingerprint density at radius 1 is 1.53 bits per heavy atom. The zero-order chi connectivity index (χ0) is 13.1. The third-order valence-corrected chi connectivity index (χ3v) is 4.36. The molecule has 3 rings (SSSR count). The van der Waals surface area contributed by atoms with Crippen LogP contribution in [0.5, 0.6) is 5.88 Å². The number of ether oxygens (including phenoxy) is 2. The maximum absolute atomic E-state index is 5.95. The summed E-state index contributed by atoms with van der Waals surface area (Å²) in [4.78, 5) is 4.13. The van der Waals surface area contributed by atoms with E-state index in [4.69, 9.17) is 9.47 Å². The smallest absolute Gasteiger partial charge is 0.213 e. The molecule has 1 aliphatic carbocycles. The van der Waals surface area contributed by atoms with E-state index in [2.05, 4.69) is 10.3 Å². The number of hydrogen-bond donors (Lipinski definition) is 1. The lowest BCUT2D eigenvalue weighted by atomic mass is 9.74. The predicted octanol–water partition coefficient (Wildman–Crippen LogP) is 2.28. The van der Waals surface area contributed by atoms with Gasteiger partial charge in [0.05, 0.1) is 12.7 Å². The Bertz CT molecular complexity index is 432. The van der Waals surface area contributed by atoms with Gasteiger partial charge in [-0.15, -0.1) is 0 Å². The highest BCUT2D eigenvalue weighted by Gasteiger charge is 2.42. The first-order chi connectivity index (χ1) is 9.30. The first-order valence-corrected chi connectivity index (χ1v) is 7.16. The minimum absolute atomic E-state index is 0.214. The molecule has 0 aromatic carbocycles. The average Bonchev–Trinajstić information content (AvgIpc) is 2.44. The monoisotopic (exact) mass is 262 g/mol. The van der Waals surface area contributed by atoms with Crippen LogP contribution in [-0.2, 0) is 11.3 Å². The average molecular weight is 262 g/mol. The molecule has 4 heteroatoms. The molecule has 1 N–H and O–H groups in total. The van der Waals surface area contributed by atoms with Gasteiger partial charge in [0, 0.05) is 31.5 Å². The van der Waals surface area contributed by atoms with Crippen molar-refractivity contribution >= 4 is 0 Å². The standard InChI is InChI=1S/C15H22N2O2/c1-18-14-9-12(3-7-16-14)11-17-13-4-8-19-15(10-13)5-2-6-15/h3,7,9,13,17H,2,4-6,8,10-11H2,1H3. The molecule has 1 spiro atoms. The quantitative estimate of drug-likeness (QED) is 0.904. The Balaban J connectivity index is 1.53. The second-order valence-electron chi connectivity index (χ2n) is 5.66. The van der Waals surface area contributed by atoms with E-state index in [1.54, 1.807) is 13.3 Å². The van der Waals surface area contributed by atoms with E-state index < -0.39 is 0 Å². The molecular weight excluding hydrogens is 240 g/mol. The van der Waals surface area contributed by atoms with E-state index in [1.807, 2.05) is 12.1 Å². The van der Waals surface area contributed by atoms with Crippen molar-refractivity contribution in [3.05, 3.63) is 23.9 Å². The van der Waals surface area contributed by atoms with Crippen LogP contribution < -0.4 is 10.1 Å². The van der Waals surface area contributed by atoms with Gasteiger partial charge in [-0.1, -0.05) is 0 Å². The van der Waals surface area contributed by atoms with Crippen LogP contribution in [-0.4, -0.2) is 30.3 Å². The minimum atomic E-state index is 0.214. The summed E-state index contributed by atoms with van der Waals surface area (Å²) in [6.07, 6.45) is 7.89. The summed E-state index contributed by atoms with van der Waals surface area (Å²) in [7, 11) is 1.65. The van der Waals surface area contributed by atoms with Gasteiger partial charge in [0.15, 0.2) is 0 Å². The summed E-state index contributed by atoms with van der Waals surface area (Å²) in [5.41, 5.74) is 1.44. The van der Waals surface area contributed by atoms with E-state index in [-0.39, 0.29) is 5.60 Å². The van der Waals surface area contributed by atoms with Gasteiger partial charge in [-0.25, -0.2) is 4.98 Å². The SMILES string of the molecule is COc1cc(CNC2CCOC3(CCC3)C2)ccn1. The molecule has 1 unspecified atom stereocenters. The highest BCUT2D eigenvalue weighted by Crippen LogP contribution is 2.42. The number of rotatable bonds is 4. The lowest BCUT2D eigenvalue weighted by molar-refractivity contribution is -0.135. The number of aromatic nitrogens is 1. The maximum atomic E-state index is 5.95. The van der Waals surface area contributed by atoms with E-state index in [0.29, 0.717) is 11.9 Å². The van der Waals surface area contributed by atoms with E-state index >= 15 is 0 Å². The lowest BCUT2D eigenvalue weighted by Gasteiger charge is -2.47. The summed E-state index contributed by atoms with van der Waals surface area (Å²) in [6, 6.07) is 4.60. The van der Waals surface area contributed by atoms with Crippen molar-refractivity contribution in [3.8, 4) is 5.88 Å². The van der Waals surface area contributed by atoms with Crippen molar-refractivity contribution in [1.29, 1.82) is 0 Å². The van der Waals surface area contributed by atoms with Crippen molar-refractivity contribution in [2.24, 2.45) is 0 Å². The van der Waals surface area contributed by atoms with Gasteiger partial charge in [0.25, 0.3) is 0 Å². The largest absolute Gasteiger partial charge is 0.481 e. The van der Waals surface area contributed by atoms with Crippen LogP contribution in [0.25, 0.3) is 0 Å². The third-order valence-electron chi connectivity index (χ3n) is 4.36. The minimum Gasteiger partial charge on any atom is -0.481 e. The Hall–Kier alpha value is -1.13. The normalized spacial score (nSPS) is 25.0. The first kappa shape index (κ1) is 12.9. The highest BCUT2D eigenvalue weighted by molar-refractivity contribution is 5.20. The summed E-state index contributed by atoms with van der Waals surface area (Å²) in [5.74, 6) is 0.682. The molecule has 0 bridgehead atoms. The molecule has 4 nitrogen and oxygen atoms in total. The van der Waals surface area contributed by atoms with Crippen LogP contribution in [0, 0.1) is 0 Å². The van der Waals surface area contributed by atoms with E-state index in [1.165, 1.54) is 24.8 Å². The van der Waals surface area contributed by atoms with Gasteiger partial charge in [0.1, 0.15) is 0 Å². The van der Waals surface area contributed by atoms with Crippen molar-refractivity contribution in [2.75, 3.05) is 13.7 Å². The first-order valence-electron chi connectivity index (χ1n) is 7.16. The predicted molar refractivity (Wildman–Crippen MR) is 73.2 cm³/mol. The van der Waals surface area contributed by atoms with Gasteiger partial charge < -0.3 is 14.8 Å².